The zero-order valence-electron chi connectivity index (χ0n) is 10.1. The van der Waals surface area contributed by atoms with Crippen molar-refractivity contribution in [2.45, 2.75) is 31.2 Å². The number of carbonyl (C=O) groups excluding carboxylic acids is 1. The summed E-state index contributed by atoms with van der Waals surface area (Å²) < 4.78 is 0. The smallest absolute Gasteiger partial charge is 0.235 e. The van der Waals surface area contributed by atoms with Crippen molar-refractivity contribution >= 4 is 11.8 Å². The van der Waals surface area contributed by atoms with Gasteiger partial charge >= 0.3 is 0 Å². The molecule has 0 bridgehead atoms. The largest absolute Gasteiger partial charge is 0.374 e. The second-order valence-corrected chi connectivity index (χ2v) is 5.07. The molecule has 1 heterocycles. The molecular formula is C14H16N2O. The Balaban J connectivity index is 2.15. The Hall–Kier alpha value is -1.60. The summed E-state index contributed by atoms with van der Waals surface area (Å²) >= 11 is 0. The quantitative estimate of drug-likeness (QED) is 0.575. The van der Waals surface area contributed by atoms with Crippen LogP contribution in [0.5, 0.6) is 0 Å². The van der Waals surface area contributed by atoms with Crippen molar-refractivity contribution in [1.29, 1.82) is 0 Å². The molecule has 2 aliphatic rings. The molecule has 1 saturated carbocycles. The number of hydrogen-bond donors (Lipinski definition) is 0. The molecule has 1 aliphatic carbocycles. The van der Waals surface area contributed by atoms with Gasteiger partial charge in [0.1, 0.15) is 5.54 Å². The third-order valence-electron chi connectivity index (χ3n) is 4.16. The minimum Gasteiger partial charge on any atom is -0.374 e. The lowest BCUT2D eigenvalue weighted by atomic mass is 9.71. The maximum absolute atomic E-state index is 10.7. The van der Waals surface area contributed by atoms with Crippen LogP contribution in [0.25, 0.3) is 0 Å². The van der Waals surface area contributed by atoms with E-state index in [-0.39, 0.29) is 5.54 Å². The van der Waals surface area contributed by atoms with E-state index >= 15 is 0 Å². The number of likely N-dealkylation sites (N-methyl/N-ethyl adjacent to an activating group) is 1. The molecule has 1 aromatic rings. The lowest BCUT2D eigenvalue weighted by Crippen LogP contribution is -2.33. The molecule has 0 aromatic heterocycles. The monoisotopic (exact) mass is 228 g/mol. The Bertz CT molecular complexity index is 499. The van der Waals surface area contributed by atoms with Gasteiger partial charge in [0.2, 0.25) is 6.08 Å². The van der Waals surface area contributed by atoms with Crippen molar-refractivity contribution in [3.8, 4) is 0 Å². The molecule has 0 N–H and O–H groups in total. The molecule has 3 rings (SSSR count). The van der Waals surface area contributed by atoms with Crippen LogP contribution < -0.4 is 4.90 Å². The molecule has 17 heavy (non-hydrogen) atoms. The first-order valence-corrected chi connectivity index (χ1v) is 6.19. The Labute approximate surface area is 101 Å². The fraction of sp³-hybridized carbons (Fsp3) is 0.500. The molecule has 88 valence electrons. The van der Waals surface area contributed by atoms with Crippen LogP contribution in [0, 0.1) is 0 Å². The minimum atomic E-state index is -0.272. The first kappa shape index (κ1) is 10.5. The van der Waals surface area contributed by atoms with Gasteiger partial charge in [0, 0.05) is 24.8 Å². The average Bonchev–Trinajstić information content (AvgIpc) is 2.66. The third-order valence-corrected chi connectivity index (χ3v) is 4.16. The Morgan fingerprint density at radius 3 is 2.88 bits per heavy atom. The number of aliphatic imine (C=N–C) groups is 1. The molecule has 0 atom stereocenters. The molecule has 0 unspecified atom stereocenters. The predicted octanol–water partition coefficient (Wildman–Crippen LogP) is 2.39. The van der Waals surface area contributed by atoms with Gasteiger partial charge in [-0.1, -0.05) is 18.2 Å². The lowest BCUT2D eigenvalue weighted by molar-refractivity contribution is 0.256. The summed E-state index contributed by atoms with van der Waals surface area (Å²) in [6, 6.07) is 6.40. The first-order valence-electron chi connectivity index (χ1n) is 6.19. The molecule has 0 spiro atoms. The van der Waals surface area contributed by atoms with Gasteiger partial charge in [-0.3, -0.25) is 0 Å². The molecule has 1 fully saturated rings. The number of fused-ring (bicyclic) bond motifs is 1. The molecular weight excluding hydrogens is 212 g/mol. The summed E-state index contributed by atoms with van der Waals surface area (Å²) in [4.78, 5) is 17.1. The topological polar surface area (TPSA) is 32.7 Å². The SMILES string of the molecule is CN1CCc2cccc(C3(N=C=O)CCC3)c21. The van der Waals surface area contributed by atoms with Gasteiger partial charge in [-0.25, -0.2) is 4.79 Å². The highest BCUT2D eigenvalue weighted by molar-refractivity contribution is 5.66. The molecule has 1 aliphatic heterocycles. The minimum absolute atomic E-state index is 0.272. The fourth-order valence-corrected chi connectivity index (χ4v) is 3.06. The number of nitrogens with zero attached hydrogens (tertiary/aromatic N) is 2. The van der Waals surface area contributed by atoms with E-state index in [9.17, 15) is 4.79 Å². The summed E-state index contributed by atoms with van der Waals surface area (Å²) in [5.41, 5.74) is 3.64. The Morgan fingerprint density at radius 2 is 2.24 bits per heavy atom. The van der Waals surface area contributed by atoms with Crippen molar-refractivity contribution in [2.75, 3.05) is 18.5 Å². The second-order valence-electron chi connectivity index (χ2n) is 5.07. The molecule has 0 saturated heterocycles. The van der Waals surface area contributed by atoms with Gasteiger partial charge in [-0.15, -0.1) is 0 Å². The van der Waals surface area contributed by atoms with Crippen LogP contribution in [0.3, 0.4) is 0 Å². The zero-order chi connectivity index (χ0) is 11.9. The van der Waals surface area contributed by atoms with Gasteiger partial charge in [-0.2, -0.15) is 4.99 Å². The van der Waals surface area contributed by atoms with Gasteiger partial charge in [0.15, 0.2) is 0 Å². The Morgan fingerprint density at radius 1 is 1.41 bits per heavy atom. The van der Waals surface area contributed by atoms with Crippen molar-refractivity contribution in [3.05, 3.63) is 29.3 Å². The van der Waals surface area contributed by atoms with Crippen molar-refractivity contribution in [1.82, 2.24) is 0 Å². The molecule has 1 aromatic carbocycles. The number of hydrogen-bond acceptors (Lipinski definition) is 3. The number of para-hydroxylation sites is 1. The van der Waals surface area contributed by atoms with Gasteiger partial charge in [0.25, 0.3) is 0 Å². The summed E-state index contributed by atoms with van der Waals surface area (Å²) in [6.45, 7) is 1.06. The molecule has 3 nitrogen and oxygen atoms in total. The normalized spacial score (nSPS) is 20.4. The highest BCUT2D eigenvalue weighted by Gasteiger charge is 2.42. The standard InChI is InChI=1S/C14H16N2O/c1-16-9-6-11-4-2-5-12(13(11)16)14(15-10-17)7-3-8-14/h2,4-5H,3,6-9H2,1H3. The van der Waals surface area contributed by atoms with Crippen molar-refractivity contribution in [3.63, 3.8) is 0 Å². The maximum atomic E-state index is 10.7. The Kier molecular flexibility index (Phi) is 2.30. The van der Waals surface area contributed by atoms with Crippen LogP contribution in [0.1, 0.15) is 30.4 Å². The highest BCUT2D eigenvalue weighted by Crippen LogP contribution is 2.49. The molecule has 3 heteroatoms. The van der Waals surface area contributed by atoms with E-state index in [1.807, 2.05) is 0 Å². The van der Waals surface area contributed by atoms with E-state index in [2.05, 4.69) is 35.1 Å². The van der Waals surface area contributed by atoms with Crippen molar-refractivity contribution < 1.29 is 4.79 Å². The van der Waals surface area contributed by atoms with Crippen LogP contribution in [-0.4, -0.2) is 19.7 Å². The fourth-order valence-electron chi connectivity index (χ4n) is 3.06. The van der Waals surface area contributed by atoms with Gasteiger partial charge in [-0.05, 0) is 31.2 Å². The van der Waals surface area contributed by atoms with Crippen LogP contribution in [0.2, 0.25) is 0 Å². The van der Waals surface area contributed by atoms with Crippen LogP contribution in [0.4, 0.5) is 5.69 Å². The first-order chi connectivity index (χ1) is 8.27. The summed E-state index contributed by atoms with van der Waals surface area (Å²) in [6.07, 6.45) is 5.98. The summed E-state index contributed by atoms with van der Waals surface area (Å²) in [5, 5.41) is 0. The van der Waals surface area contributed by atoms with E-state index in [0.717, 1.165) is 32.2 Å². The van der Waals surface area contributed by atoms with E-state index in [0.29, 0.717) is 0 Å². The van der Waals surface area contributed by atoms with Crippen molar-refractivity contribution in [2.24, 2.45) is 4.99 Å². The van der Waals surface area contributed by atoms with E-state index in [1.54, 1.807) is 6.08 Å². The van der Waals surface area contributed by atoms with Gasteiger partial charge < -0.3 is 4.90 Å². The van der Waals surface area contributed by atoms with Crippen LogP contribution in [0.15, 0.2) is 23.2 Å². The zero-order valence-corrected chi connectivity index (χ0v) is 10.1. The summed E-state index contributed by atoms with van der Waals surface area (Å²) in [5.74, 6) is 0. The van der Waals surface area contributed by atoms with E-state index < -0.39 is 0 Å². The third kappa shape index (κ3) is 1.43. The number of anilines is 1. The number of isocyanates is 1. The number of rotatable bonds is 2. The lowest BCUT2D eigenvalue weighted by Gasteiger charge is -2.39. The molecule has 0 amide bonds. The maximum Gasteiger partial charge on any atom is 0.235 e. The summed E-state index contributed by atoms with van der Waals surface area (Å²) in [7, 11) is 2.12. The average molecular weight is 228 g/mol. The van der Waals surface area contributed by atoms with Crippen LogP contribution in [-0.2, 0) is 16.8 Å². The number of benzene rings is 1. The van der Waals surface area contributed by atoms with Gasteiger partial charge in [0.05, 0.1) is 0 Å². The van der Waals surface area contributed by atoms with Crippen LogP contribution >= 0.6 is 0 Å². The highest BCUT2D eigenvalue weighted by atomic mass is 16.1. The molecule has 0 radical (unpaired) electrons. The predicted molar refractivity (Wildman–Crippen MR) is 67.1 cm³/mol. The second kappa shape index (κ2) is 3.71. The van der Waals surface area contributed by atoms with E-state index in [4.69, 9.17) is 0 Å². The van der Waals surface area contributed by atoms with E-state index in [1.165, 1.54) is 16.8 Å².